The van der Waals surface area contributed by atoms with E-state index < -0.39 is 18.2 Å². The van der Waals surface area contributed by atoms with Crippen molar-refractivity contribution in [2.24, 2.45) is 0 Å². The standard InChI is InChI=1S/C9H10F3NO2.Y/c1-6(2)4-5-13-7(8(14)15-3)9(10,11)12;/h1,4,7,13H,2-3H3;/q-2;. The van der Waals surface area contributed by atoms with Gasteiger partial charge < -0.3 is 28.3 Å². The fourth-order valence-corrected chi connectivity index (χ4v) is 0.631. The molecule has 0 saturated heterocycles. The summed E-state index contributed by atoms with van der Waals surface area (Å²) in [6.07, 6.45) is -1.61. The largest absolute Gasteiger partial charge is 0.476 e. The Balaban J connectivity index is 0. The molecule has 0 heterocycles. The number of rotatable bonds is 4. The number of ether oxygens (including phenoxy) is 1. The Morgan fingerprint density at radius 3 is 2.38 bits per heavy atom. The van der Waals surface area contributed by atoms with Crippen molar-refractivity contribution in [3.63, 3.8) is 0 Å². The smallest absolute Gasteiger partial charge is 0.417 e. The maximum atomic E-state index is 12.2. The van der Waals surface area contributed by atoms with Gasteiger partial charge in [-0.25, -0.2) is 4.79 Å². The molecular formula is C9H10F3NO2Y-2. The summed E-state index contributed by atoms with van der Waals surface area (Å²) in [5.41, 5.74) is 0.258. The van der Waals surface area contributed by atoms with Gasteiger partial charge in [-0.2, -0.15) is 13.2 Å². The monoisotopic (exact) mass is 310 g/mol. The van der Waals surface area contributed by atoms with Crippen molar-refractivity contribution in [3.8, 4) is 0 Å². The molecular weight excluding hydrogens is 300 g/mol. The predicted molar refractivity (Wildman–Crippen MR) is 46.3 cm³/mol. The topological polar surface area (TPSA) is 38.3 Å². The minimum Gasteiger partial charge on any atom is -0.476 e. The van der Waals surface area contributed by atoms with Gasteiger partial charge in [0, 0.05) is 32.7 Å². The molecule has 0 saturated carbocycles. The molecule has 0 aromatic rings. The van der Waals surface area contributed by atoms with Gasteiger partial charge in [0.1, 0.15) is 0 Å². The normalized spacial score (nSPS) is 12.8. The average molecular weight is 310 g/mol. The molecule has 3 nitrogen and oxygen atoms in total. The third-order valence-corrected chi connectivity index (χ3v) is 1.29. The minimum absolute atomic E-state index is 0. The second-order valence-corrected chi connectivity index (χ2v) is 2.67. The van der Waals surface area contributed by atoms with Gasteiger partial charge in [-0.3, -0.25) is 6.20 Å². The summed E-state index contributed by atoms with van der Waals surface area (Å²) in [4.78, 5) is 10.7. The van der Waals surface area contributed by atoms with E-state index in [-0.39, 0.29) is 38.3 Å². The van der Waals surface area contributed by atoms with E-state index in [2.05, 4.69) is 4.74 Å². The van der Waals surface area contributed by atoms with Gasteiger partial charge in [0.25, 0.3) is 0 Å². The van der Waals surface area contributed by atoms with Crippen LogP contribution < -0.4 is 5.32 Å². The summed E-state index contributed by atoms with van der Waals surface area (Å²) < 4.78 is 40.7. The van der Waals surface area contributed by atoms with E-state index >= 15 is 0 Å². The first-order chi connectivity index (χ1) is 6.79. The Morgan fingerprint density at radius 2 is 2.06 bits per heavy atom. The molecule has 1 radical (unpaired) electrons. The van der Waals surface area contributed by atoms with E-state index in [1.54, 1.807) is 5.32 Å². The number of halogens is 3. The molecule has 0 aromatic heterocycles. The van der Waals surface area contributed by atoms with Gasteiger partial charge in [-0.1, -0.05) is 0 Å². The molecule has 0 fully saturated rings. The van der Waals surface area contributed by atoms with E-state index in [1.165, 1.54) is 6.92 Å². The Labute approximate surface area is 117 Å². The van der Waals surface area contributed by atoms with Crippen LogP contribution in [0.5, 0.6) is 0 Å². The molecule has 0 amide bonds. The fraction of sp³-hybridized carbons (Fsp3) is 0.444. The fourth-order valence-electron chi connectivity index (χ4n) is 0.631. The molecule has 16 heavy (non-hydrogen) atoms. The molecule has 0 rings (SSSR count). The number of carbonyl (C=O) groups excluding carboxylic acids is 1. The number of methoxy groups -OCH3 is 1. The quantitative estimate of drug-likeness (QED) is 0.369. The number of carbonyl (C=O) groups is 1. The van der Waals surface area contributed by atoms with E-state index in [4.69, 9.17) is 6.58 Å². The third kappa shape index (κ3) is 7.01. The van der Waals surface area contributed by atoms with Crippen LogP contribution in [0, 0.1) is 12.8 Å². The van der Waals surface area contributed by atoms with Crippen molar-refractivity contribution in [1.29, 1.82) is 0 Å². The minimum atomic E-state index is -4.74. The zero-order valence-corrected chi connectivity index (χ0v) is 11.6. The van der Waals surface area contributed by atoms with Crippen molar-refractivity contribution < 1.29 is 55.4 Å². The predicted octanol–water partition coefficient (Wildman–Crippen LogP) is 1.37. The first-order valence-electron chi connectivity index (χ1n) is 3.87. The van der Waals surface area contributed by atoms with Crippen LogP contribution in [-0.4, -0.2) is 25.3 Å². The van der Waals surface area contributed by atoms with Crippen LogP contribution in [0.2, 0.25) is 0 Å². The van der Waals surface area contributed by atoms with E-state index in [0.717, 1.165) is 13.2 Å². The van der Waals surface area contributed by atoms with Gasteiger partial charge in [0.05, 0.1) is 7.11 Å². The molecule has 1 N–H and O–H groups in total. The maximum Gasteiger partial charge on any atom is 0.417 e. The summed E-state index contributed by atoms with van der Waals surface area (Å²) in [5.74, 6) is -1.43. The van der Waals surface area contributed by atoms with Gasteiger partial charge in [-0.15, -0.1) is 6.92 Å². The van der Waals surface area contributed by atoms with Crippen LogP contribution in [0.15, 0.2) is 11.6 Å². The van der Waals surface area contributed by atoms with Gasteiger partial charge in [0.2, 0.25) is 6.04 Å². The van der Waals surface area contributed by atoms with Gasteiger partial charge >= 0.3 is 12.1 Å². The number of allylic oxidation sites excluding steroid dienone is 2. The molecule has 0 aromatic carbocycles. The molecule has 89 valence electrons. The van der Waals surface area contributed by atoms with E-state index in [0.29, 0.717) is 0 Å². The Bertz CT molecular complexity index is 276. The molecule has 7 heteroatoms. The second-order valence-electron chi connectivity index (χ2n) is 2.67. The number of nitrogens with one attached hydrogen (secondary N) is 1. The first kappa shape index (κ1) is 18.0. The van der Waals surface area contributed by atoms with Gasteiger partial charge in [0.15, 0.2) is 0 Å². The van der Waals surface area contributed by atoms with Crippen LogP contribution in [0.3, 0.4) is 0 Å². The summed E-state index contributed by atoms with van der Waals surface area (Å²) in [7, 11) is 0.868. The first-order valence-corrected chi connectivity index (χ1v) is 3.87. The Kier molecular flexibility index (Phi) is 8.83. The molecule has 0 spiro atoms. The van der Waals surface area contributed by atoms with Crippen LogP contribution in [0.25, 0.3) is 0 Å². The summed E-state index contributed by atoms with van der Waals surface area (Å²) in [5, 5.41) is 1.74. The summed E-state index contributed by atoms with van der Waals surface area (Å²) >= 11 is 0. The van der Waals surface area contributed by atoms with Crippen LogP contribution in [-0.2, 0) is 42.2 Å². The Morgan fingerprint density at radius 1 is 1.56 bits per heavy atom. The maximum absolute atomic E-state index is 12.2. The zero-order chi connectivity index (χ0) is 12.1. The average Bonchev–Trinajstić information content (AvgIpc) is 2.09. The molecule has 0 aliphatic carbocycles. The molecule has 0 aliphatic rings. The third-order valence-electron chi connectivity index (χ3n) is 1.29. The van der Waals surface area contributed by atoms with Crippen LogP contribution in [0.1, 0.15) is 6.92 Å². The number of alkyl halides is 3. The van der Waals surface area contributed by atoms with Crippen molar-refractivity contribution in [3.05, 3.63) is 24.4 Å². The van der Waals surface area contributed by atoms with Crippen molar-refractivity contribution >= 4 is 5.97 Å². The van der Waals surface area contributed by atoms with Crippen LogP contribution in [0.4, 0.5) is 13.2 Å². The van der Waals surface area contributed by atoms with Gasteiger partial charge in [-0.05, 0) is 0 Å². The van der Waals surface area contributed by atoms with Crippen molar-refractivity contribution in [2.45, 2.75) is 19.1 Å². The molecule has 1 atom stereocenters. The number of hydrogen-bond donors (Lipinski definition) is 1. The number of esters is 1. The SMILES string of the molecule is [CH-]=C(C)C=[C-]NC(C(=O)OC)C(F)(F)F.[Y]. The molecule has 0 aliphatic heterocycles. The zero-order valence-electron chi connectivity index (χ0n) is 8.76. The number of hydrogen-bond acceptors (Lipinski definition) is 3. The van der Waals surface area contributed by atoms with Crippen molar-refractivity contribution in [1.82, 2.24) is 5.32 Å². The molecule has 1 unspecified atom stereocenters. The molecule has 0 bridgehead atoms. The van der Waals surface area contributed by atoms with E-state index in [1.807, 2.05) is 6.20 Å². The van der Waals surface area contributed by atoms with Crippen LogP contribution >= 0.6 is 0 Å². The second kappa shape index (κ2) is 7.84. The summed E-state index contributed by atoms with van der Waals surface area (Å²) in [6, 6.07) is -2.43. The van der Waals surface area contributed by atoms with Crippen molar-refractivity contribution in [2.75, 3.05) is 7.11 Å². The Hall–Kier alpha value is -0.356. The summed E-state index contributed by atoms with van der Waals surface area (Å²) in [6.45, 7) is 6.63. The van der Waals surface area contributed by atoms with E-state index in [9.17, 15) is 18.0 Å².